The quantitative estimate of drug-likeness (QED) is 0.494. The first-order valence-electron chi connectivity index (χ1n) is 3.36. The SMILES string of the molecule is O=P(O)(O)O.OCc1ccccc1. The maximum atomic E-state index is 8.88. The molecular formula is C7H11O5P. The molecule has 1 rings (SSSR count). The van der Waals surface area contributed by atoms with E-state index in [4.69, 9.17) is 24.4 Å². The van der Waals surface area contributed by atoms with Gasteiger partial charge in [-0.25, -0.2) is 4.57 Å². The van der Waals surface area contributed by atoms with E-state index in [1.165, 1.54) is 0 Å². The zero-order valence-corrected chi connectivity index (χ0v) is 7.63. The zero-order valence-electron chi connectivity index (χ0n) is 6.74. The topological polar surface area (TPSA) is 98.0 Å². The lowest BCUT2D eigenvalue weighted by Crippen LogP contribution is -1.77. The van der Waals surface area contributed by atoms with Gasteiger partial charge in [0, 0.05) is 0 Å². The molecule has 6 heteroatoms. The van der Waals surface area contributed by atoms with Gasteiger partial charge in [0.15, 0.2) is 0 Å². The predicted molar refractivity (Wildman–Crippen MR) is 46.6 cm³/mol. The lowest BCUT2D eigenvalue weighted by Gasteiger charge is -1.89. The summed E-state index contributed by atoms with van der Waals surface area (Å²) in [6.07, 6.45) is 0. The molecule has 0 fully saturated rings. The third kappa shape index (κ3) is 11.3. The minimum atomic E-state index is -4.64. The van der Waals surface area contributed by atoms with Crippen molar-refractivity contribution in [2.24, 2.45) is 0 Å². The number of phosphoric acid groups is 1. The lowest BCUT2D eigenvalue weighted by molar-refractivity contribution is 0.275. The van der Waals surface area contributed by atoms with Gasteiger partial charge >= 0.3 is 7.82 Å². The van der Waals surface area contributed by atoms with Crippen LogP contribution < -0.4 is 0 Å². The molecule has 74 valence electrons. The normalized spacial score (nSPS) is 10.2. The standard InChI is InChI=1S/C7H8O.H3O4P/c8-6-7-4-2-1-3-5-7;1-5(2,3)4/h1-5,8H,6H2;(H3,1,2,3,4). The summed E-state index contributed by atoms with van der Waals surface area (Å²) in [5.41, 5.74) is 0.965. The molecule has 0 heterocycles. The zero-order chi connectivity index (χ0) is 10.3. The summed E-state index contributed by atoms with van der Waals surface area (Å²) in [4.78, 5) is 21.6. The van der Waals surface area contributed by atoms with Crippen molar-refractivity contribution in [3.8, 4) is 0 Å². The van der Waals surface area contributed by atoms with Crippen LogP contribution >= 0.6 is 7.82 Å². The minimum absolute atomic E-state index is 0.140. The van der Waals surface area contributed by atoms with Crippen LogP contribution in [0.5, 0.6) is 0 Å². The van der Waals surface area contributed by atoms with Crippen molar-refractivity contribution < 1.29 is 24.4 Å². The van der Waals surface area contributed by atoms with Gasteiger partial charge in [-0.1, -0.05) is 30.3 Å². The Morgan fingerprint density at radius 1 is 1.08 bits per heavy atom. The maximum Gasteiger partial charge on any atom is 0.466 e. The third-order valence-corrected chi connectivity index (χ3v) is 1.03. The van der Waals surface area contributed by atoms with E-state index in [-0.39, 0.29) is 6.61 Å². The average molecular weight is 206 g/mol. The molecule has 5 nitrogen and oxygen atoms in total. The van der Waals surface area contributed by atoms with Crippen molar-refractivity contribution in [1.82, 2.24) is 0 Å². The Morgan fingerprint density at radius 2 is 1.46 bits per heavy atom. The van der Waals surface area contributed by atoms with E-state index in [2.05, 4.69) is 0 Å². The average Bonchev–Trinajstić information content (AvgIpc) is 2.03. The van der Waals surface area contributed by atoms with E-state index in [9.17, 15) is 0 Å². The molecular weight excluding hydrogens is 195 g/mol. The summed E-state index contributed by atoms with van der Waals surface area (Å²) < 4.78 is 8.88. The van der Waals surface area contributed by atoms with E-state index in [0.717, 1.165) is 5.56 Å². The molecule has 0 saturated heterocycles. The van der Waals surface area contributed by atoms with E-state index in [0.29, 0.717) is 0 Å². The fourth-order valence-electron chi connectivity index (χ4n) is 0.583. The van der Waals surface area contributed by atoms with Crippen molar-refractivity contribution >= 4 is 7.82 Å². The molecule has 0 saturated carbocycles. The smallest absolute Gasteiger partial charge is 0.392 e. The predicted octanol–water partition coefficient (Wildman–Crippen LogP) is 0.250. The van der Waals surface area contributed by atoms with Crippen LogP contribution in [0, 0.1) is 0 Å². The molecule has 1 aromatic rings. The Kier molecular flexibility index (Phi) is 5.53. The third-order valence-electron chi connectivity index (χ3n) is 1.03. The minimum Gasteiger partial charge on any atom is -0.392 e. The summed E-state index contributed by atoms with van der Waals surface area (Å²) in [5, 5.41) is 8.54. The van der Waals surface area contributed by atoms with Gasteiger partial charge in [-0.3, -0.25) is 0 Å². The van der Waals surface area contributed by atoms with E-state index in [1.54, 1.807) is 0 Å². The molecule has 0 unspecified atom stereocenters. The van der Waals surface area contributed by atoms with Crippen LogP contribution in [-0.2, 0) is 11.2 Å². The highest BCUT2D eigenvalue weighted by atomic mass is 31.2. The van der Waals surface area contributed by atoms with E-state index >= 15 is 0 Å². The van der Waals surface area contributed by atoms with Gasteiger partial charge in [0.2, 0.25) is 0 Å². The molecule has 0 atom stereocenters. The number of hydrogen-bond donors (Lipinski definition) is 4. The molecule has 0 aliphatic carbocycles. The number of rotatable bonds is 1. The van der Waals surface area contributed by atoms with Crippen LogP contribution in [0.2, 0.25) is 0 Å². The van der Waals surface area contributed by atoms with Crippen LogP contribution in [0.15, 0.2) is 30.3 Å². The first kappa shape index (κ1) is 12.3. The van der Waals surface area contributed by atoms with Gasteiger partial charge in [-0.05, 0) is 5.56 Å². The van der Waals surface area contributed by atoms with Crippen LogP contribution in [0.1, 0.15) is 5.56 Å². The monoisotopic (exact) mass is 206 g/mol. The van der Waals surface area contributed by atoms with Crippen LogP contribution in [-0.4, -0.2) is 19.8 Å². The molecule has 0 amide bonds. The Labute approximate surface area is 75.5 Å². The first-order valence-corrected chi connectivity index (χ1v) is 4.93. The lowest BCUT2D eigenvalue weighted by atomic mass is 10.2. The van der Waals surface area contributed by atoms with Crippen molar-refractivity contribution in [2.45, 2.75) is 6.61 Å². The number of benzene rings is 1. The van der Waals surface area contributed by atoms with Gasteiger partial charge in [-0.2, -0.15) is 0 Å². The summed E-state index contributed by atoms with van der Waals surface area (Å²) in [6, 6.07) is 9.52. The van der Waals surface area contributed by atoms with Gasteiger partial charge in [0.05, 0.1) is 6.61 Å². The second kappa shape index (κ2) is 5.85. The van der Waals surface area contributed by atoms with E-state index < -0.39 is 7.82 Å². The second-order valence-corrected chi connectivity index (χ2v) is 3.18. The molecule has 0 spiro atoms. The van der Waals surface area contributed by atoms with Crippen LogP contribution in [0.3, 0.4) is 0 Å². The second-order valence-electron chi connectivity index (χ2n) is 2.16. The number of aliphatic hydroxyl groups is 1. The highest BCUT2D eigenvalue weighted by Crippen LogP contribution is 2.25. The maximum absolute atomic E-state index is 8.88. The van der Waals surface area contributed by atoms with Crippen molar-refractivity contribution in [2.75, 3.05) is 0 Å². The van der Waals surface area contributed by atoms with Gasteiger partial charge < -0.3 is 19.8 Å². The molecule has 1 aromatic carbocycles. The molecule has 0 aliphatic rings. The van der Waals surface area contributed by atoms with Gasteiger partial charge in [0.1, 0.15) is 0 Å². The summed E-state index contributed by atoms with van der Waals surface area (Å²) >= 11 is 0. The largest absolute Gasteiger partial charge is 0.466 e. The van der Waals surface area contributed by atoms with E-state index in [1.807, 2.05) is 30.3 Å². The Morgan fingerprint density at radius 3 is 1.69 bits per heavy atom. The van der Waals surface area contributed by atoms with Crippen molar-refractivity contribution in [1.29, 1.82) is 0 Å². The van der Waals surface area contributed by atoms with Crippen LogP contribution in [0.4, 0.5) is 0 Å². The summed E-state index contributed by atoms with van der Waals surface area (Å²) in [5.74, 6) is 0. The molecule has 0 bridgehead atoms. The molecule has 0 aromatic heterocycles. The van der Waals surface area contributed by atoms with Crippen molar-refractivity contribution in [3.63, 3.8) is 0 Å². The first-order chi connectivity index (χ1) is 5.93. The molecule has 0 aliphatic heterocycles. The fourth-order valence-corrected chi connectivity index (χ4v) is 0.583. The molecule has 4 N–H and O–H groups in total. The van der Waals surface area contributed by atoms with Gasteiger partial charge in [0.25, 0.3) is 0 Å². The Hall–Kier alpha value is -0.710. The Bertz CT molecular complexity index is 259. The highest BCUT2D eigenvalue weighted by Gasteiger charge is 2.00. The fraction of sp³-hybridized carbons (Fsp3) is 0.143. The number of aliphatic hydroxyl groups excluding tert-OH is 1. The van der Waals surface area contributed by atoms with Gasteiger partial charge in [-0.15, -0.1) is 0 Å². The summed E-state index contributed by atoms with van der Waals surface area (Å²) in [6.45, 7) is 0.140. The number of hydrogen-bond acceptors (Lipinski definition) is 2. The van der Waals surface area contributed by atoms with Crippen molar-refractivity contribution in [3.05, 3.63) is 35.9 Å². The highest BCUT2D eigenvalue weighted by molar-refractivity contribution is 7.45. The molecule has 13 heavy (non-hydrogen) atoms. The summed E-state index contributed by atoms with van der Waals surface area (Å²) in [7, 11) is -4.64. The van der Waals surface area contributed by atoms with Crippen LogP contribution in [0.25, 0.3) is 0 Å². The molecule has 0 radical (unpaired) electrons. The Balaban J connectivity index is 0.000000252.